The normalized spacial score (nSPS) is 26.3. The van der Waals surface area contributed by atoms with Gasteiger partial charge < -0.3 is 25.2 Å². The summed E-state index contributed by atoms with van der Waals surface area (Å²) in [4.78, 5) is 4.68. The standard InChI is InChI=1S/C19H29N3O3.HI/c1-5-20-18(21-11-12-6-7-15(24-4)14(23)10-12)22-16-13-8-9-25-17(13)19(16,2)3;/h6-7,10,13,16-17,23H,5,8-9,11H2,1-4H3,(H2,20,21,22);1H. The van der Waals surface area contributed by atoms with Crippen LogP contribution < -0.4 is 15.4 Å². The van der Waals surface area contributed by atoms with E-state index in [-0.39, 0.29) is 35.1 Å². The summed E-state index contributed by atoms with van der Waals surface area (Å²) in [6.07, 6.45) is 1.46. The van der Waals surface area contributed by atoms with Gasteiger partial charge in [0.05, 0.1) is 19.8 Å². The van der Waals surface area contributed by atoms with E-state index < -0.39 is 0 Å². The number of guanidine groups is 1. The van der Waals surface area contributed by atoms with Crippen LogP contribution in [0.1, 0.15) is 32.8 Å². The largest absolute Gasteiger partial charge is 0.504 e. The lowest BCUT2D eigenvalue weighted by Crippen LogP contribution is -2.67. The van der Waals surface area contributed by atoms with Gasteiger partial charge in [0.1, 0.15) is 0 Å². The molecule has 146 valence electrons. The highest BCUT2D eigenvalue weighted by atomic mass is 127. The molecule has 3 N–H and O–H groups in total. The molecule has 26 heavy (non-hydrogen) atoms. The summed E-state index contributed by atoms with van der Waals surface area (Å²) in [5, 5.41) is 16.8. The van der Waals surface area contributed by atoms with Crippen LogP contribution in [-0.4, -0.2) is 43.5 Å². The molecule has 7 heteroatoms. The fourth-order valence-electron chi connectivity index (χ4n) is 4.09. The van der Waals surface area contributed by atoms with Gasteiger partial charge in [-0.25, -0.2) is 4.99 Å². The molecule has 1 aromatic rings. The quantitative estimate of drug-likeness (QED) is 0.347. The molecule has 1 saturated carbocycles. The fraction of sp³-hybridized carbons (Fsp3) is 0.632. The molecule has 1 aliphatic carbocycles. The number of nitrogens with zero attached hydrogens (tertiary/aromatic N) is 1. The summed E-state index contributed by atoms with van der Waals surface area (Å²) < 4.78 is 10.9. The van der Waals surface area contributed by atoms with E-state index in [9.17, 15) is 5.11 Å². The summed E-state index contributed by atoms with van der Waals surface area (Å²) >= 11 is 0. The summed E-state index contributed by atoms with van der Waals surface area (Å²) in [6, 6.07) is 5.73. The molecule has 6 nitrogen and oxygen atoms in total. The number of hydrogen-bond acceptors (Lipinski definition) is 4. The first-order valence-electron chi connectivity index (χ1n) is 8.99. The maximum Gasteiger partial charge on any atom is 0.191 e. The van der Waals surface area contributed by atoms with Crippen molar-refractivity contribution < 1.29 is 14.6 Å². The highest BCUT2D eigenvalue weighted by Gasteiger charge is 2.59. The Hall–Kier alpha value is -1.22. The number of rotatable bonds is 5. The van der Waals surface area contributed by atoms with Gasteiger partial charge in [-0.2, -0.15) is 0 Å². The predicted molar refractivity (Wildman–Crippen MR) is 113 cm³/mol. The first-order valence-corrected chi connectivity index (χ1v) is 8.99. The number of methoxy groups -OCH3 is 1. The predicted octanol–water partition coefficient (Wildman–Crippen LogP) is 2.89. The molecule has 2 aliphatic rings. The Bertz CT molecular complexity index is 651. The van der Waals surface area contributed by atoms with E-state index in [1.54, 1.807) is 19.2 Å². The van der Waals surface area contributed by atoms with Crippen LogP contribution in [0.25, 0.3) is 0 Å². The molecule has 0 spiro atoms. The van der Waals surface area contributed by atoms with Crippen LogP contribution >= 0.6 is 24.0 Å². The lowest BCUT2D eigenvalue weighted by Gasteiger charge is -2.54. The minimum absolute atomic E-state index is 0. The number of benzene rings is 1. The SMILES string of the molecule is CCNC(=NCc1ccc(OC)c(O)c1)NC1C2CCOC2C1(C)C.I. The van der Waals surface area contributed by atoms with Crippen molar-refractivity contribution in [3.8, 4) is 11.5 Å². The van der Waals surface area contributed by atoms with E-state index in [0.29, 0.717) is 30.4 Å². The molecule has 1 aliphatic heterocycles. The highest BCUT2D eigenvalue weighted by Crippen LogP contribution is 2.52. The molecule has 2 fully saturated rings. The van der Waals surface area contributed by atoms with Crippen LogP contribution in [0.5, 0.6) is 11.5 Å². The Morgan fingerprint density at radius 3 is 2.85 bits per heavy atom. The van der Waals surface area contributed by atoms with Crippen molar-refractivity contribution in [3.63, 3.8) is 0 Å². The molecular formula is C19H30IN3O3. The molecule has 3 rings (SSSR count). The molecule has 3 atom stereocenters. The van der Waals surface area contributed by atoms with E-state index in [1.165, 1.54) is 0 Å². The number of aromatic hydroxyl groups is 1. The summed E-state index contributed by atoms with van der Waals surface area (Å²) in [5.74, 6) is 1.98. The number of aliphatic imine (C=N–C) groups is 1. The third kappa shape index (κ3) is 4.03. The van der Waals surface area contributed by atoms with Crippen LogP contribution in [0.2, 0.25) is 0 Å². The molecular weight excluding hydrogens is 445 g/mol. The van der Waals surface area contributed by atoms with E-state index in [1.807, 2.05) is 6.07 Å². The van der Waals surface area contributed by atoms with Gasteiger partial charge in [0.15, 0.2) is 17.5 Å². The summed E-state index contributed by atoms with van der Waals surface area (Å²) in [6.45, 7) is 8.71. The Morgan fingerprint density at radius 2 is 2.19 bits per heavy atom. The van der Waals surface area contributed by atoms with Gasteiger partial charge in [0.2, 0.25) is 0 Å². The smallest absolute Gasteiger partial charge is 0.191 e. The zero-order valence-electron chi connectivity index (χ0n) is 15.9. The van der Waals surface area contributed by atoms with Crippen LogP contribution in [0.15, 0.2) is 23.2 Å². The van der Waals surface area contributed by atoms with Gasteiger partial charge in [-0.05, 0) is 31.0 Å². The molecule has 3 unspecified atom stereocenters. The molecule has 0 radical (unpaired) electrons. The van der Waals surface area contributed by atoms with Gasteiger partial charge in [0.25, 0.3) is 0 Å². The number of fused-ring (bicyclic) bond motifs is 1. The molecule has 0 aromatic heterocycles. The third-order valence-electron chi connectivity index (χ3n) is 5.40. The van der Waals surface area contributed by atoms with Crippen molar-refractivity contribution in [3.05, 3.63) is 23.8 Å². The van der Waals surface area contributed by atoms with Gasteiger partial charge in [-0.3, -0.25) is 0 Å². The van der Waals surface area contributed by atoms with Crippen LogP contribution in [0.4, 0.5) is 0 Å². The zero-order chi connectivity index (χ0) is 18.0. The average Bonchev–Trinajstić information content (AvgIpc) is 3.04. The van der Waals surface area contributed by atoms with Crippen molar-refractivity contribution in [2.24, 2.45) is 16.3 Å². The number of nitrogens with one attached hydrogen (secondary N) is 2. The molecule has 0 bridgehead atoms. The van der Waals surface area contributed by atoms with Crippen molar-refractivity contribution in [2.45, 2.75) is 45.9 Å². The van der Waals surface area contributed by atoms with Crippen molar-refractivity contribution in [2.75, 3.05) is 20.3 Å². The first kappa shape index (κ1) is 21.1. The number of phenolic OH excluding ortho intramolecular Hbond substituents is 1. The maximum absolute atomic E-state index is 9.91. The van der Waals surface area contributed by atoms with Crippen LogP contribution in [0.3, 0.4) is 0 Å². The van der Waals surface area contributed by atoms with Crippen LogP contribution in [0, 0.1) is 11.3 Å². The summed E-state index contributed by atoms with van der Waals surface area (Å²) in [7, 11) is 1.54. The van der Waals surface area contributed by atoms with Crippen molar-refractivity contribution in [1.82, 2.24) is 10.6 Å². The first-order chi connectivity index (χ1) is 12.0. The molecule has 1 saturated heterocycles. The lowest BCUT2D eigenvalue weighted by atomic mass is 9.57. The lowest BCUT2D eigenvalue weighted by molar-refractivity contribution is -0.106. The number of hydrogen-bond donors (Lipinski definition) is 3. The Kier molecular flexibility index (Phi) is 7.01. The van der Waals surface area contributed by atoms with Gasteiger partial charge in [-0.1, -0.05) is 19.9 Å². The van der Waals surface area contributed by atoms with Gasteiger partial charge in [0, 0.05) is 30.5 Å². The van der Waals surface area contributed by atoms with E-state index in [0.717, 1.165) is 31.1 Å². The minimum Gasteiger partial charge on any atom is -0.504 e. The van der Waals surface area contributed by atoms with Gasteiger partial charge in [-0.15, -0.1) is 24.0 Å². The zero-order valence-corrected chi connectivity index (χ0v) is 18.2. The van der Waals surface area contributed by atoms with E-state index >= 15 is 0 Å². The second kappa shape index (κ2) is 8.65. The molecule has 0 amide bonds. The number of halogens is 1. The van der Waals surface area contributed by atoms with Gasteiger partial charge >= 0.3 is 0 Å². The molecule has 1 heterocycles. The number of ether oxygens (including phenoxy) is 2. The Balaban J connectivity index is 0.00000243. The van der Waals surface area contributed by atoms with Crippen molar-refractivity contribution in [1.29, 1.82) is 0 Å². The second-order valence-electron chi connectivity index (χ2n) is 7.39. The fourth-order valence-corrected chi connectivity index (χ4v) is 4.09. The number of phenols is 1. The highest BCUT2D eigenvalue weighted by molar-refractivity contribution is 14.0. The average molecular weight is 475 g/mol. The summed E-state index contributed by atoms with van der Waals surface area (Å²) in [5.41, 5.74) is 1.04. The van der Waals surface area contributed by atoms with E-state index in [4.69, 9.17) is 9.47 Å². The second-order valence-corrected chi connectivity index (χ2v) is 7.39. The van der Waals surface area contributed by atoms with E-state index in [2.05, 4.69) is 36.4 Å². The Labute approximate surface area is 172 Å². The topological polar surface area (TPSA) is 75.1 Å². The third-order valence-corrected chi connectivity index (χ3v) is 5.40. The molecule has 1 aromatic carbocycles. The van der Waals surface area contributed by atoms with Crippen LogP contribution in [-0.2, 0) is 11.3 Å². The monoisotopic (exact) mass is 475 g/mol. The Morgan fingerprint density at radius 1 is 1.42 bits per heavy atom. The minimum atomic E-state index is 0. The van der Waals surface area contributed by atoms with Crippen molar-refractivity contribution >= 4 is 29.9 Å². The maximum atomic E-state index is 9.91.